The SMILES string of the molecule is CC1(C)CN(C(=O)c2cc3cc(N)ccc3[nH]2)CCO1. The number of nitrogen functional groups attached to an aromatic ring is 1. The van der Waals surface area contributed by atoms with Crippen molar-refractivity contribution in [1.82, 2.24) is 9.88 Å². The summed E-state index contributed by atoms with van der Waals surface area (Å²) >= 11 is 0. The topological polar surface area (TPSA) is 71.3 Å². The van der Waals surface area contributed by atoms with E-state index in [2.05, 4.69) is 4.98 Å². The van der Waals surface area contributed by atoms with E-state index in [-0.39, 0.29) is 11.5 Å². The molecule has 3 N–H and O–H groups in total. The molecule has 1 aliphatic rings. The van der Waals surface area contributed by atoms with Gasteiger partial charge in [0.15, 0.2) is 0 Å². The molecule has 0 bridgehead atoms. The number of nitrogens with one attached hydrogen (secondary N) is 1. The summed E-state index contributed by atoms with van der Waals surface area (Å²) in [7, 11) is 0. The molecule has 0 saturated carbocycles. The highest BCUT2D eigenvalue weighted by atomic mass is 16.5. The number of morpholine rings is 1. The summed E-state index contributed by atoms with van der Waals surface area (Å²) in [6, 6.07) is 7.44. The van der Waals surface area contributed by atoms with Gasteiger partial charge in [-0.3, -0.25) is 4.79 Å². The summed E-state index contributed by atoms with van der Waals surface area (Å²) in [5, 5.41) is 0.959. The normalized spacial score (nSPS) is 18.4. The van der Waals surface area contributed by atoms with Gasteiger partial charge in [0.05, 0.1) is 12.2 Å². The molecule has 1 saturated heterocycles. The maximum absolute atomic E-state index is 12.5. The summed E-state index contributed by atoms with van der Waals surface area (Å²) in [5.74, 6) is 0.0103. The molecule has 1 aromatic carbocycles. The summed E-state index contributed by atoms with van der Waals surface area (Å²) in [6.45, 7) is 5.80. The summed E-state index contributed by atoms with van der Waals surface area (Å²) in [5.41, 5.74) is 7.70. The number of aromatic nitrogens is 1. The van der Waals surface area contributed by atoms with Gasteiger partial charge in [-0.05, 0) is 38.1 Å². The van der Waals surface area contributed by atoms with Crippen LogP contribution in [-0.2, 0) is 4.74 Å². The molecule has 2 heterocycles. The number of ether oxygens (including phenoxy) is 1. The van der Waals surface area contributed by atoms with Crippen molar-refractivity contribution in [2.24, 2.45) is 0 Å². The highest BCUT2D eigenvalue weighted by molar-refractivity contribution is 5.98. The Balaban J connectivity index is 1.88. The number of benzene rings is 1. The van der Waals surface area contributed by atoms with Gasteiger partial charge < -0.3 is 20.4 Å². The molecule has 5 nitrogen and oxygen atoms in total. The lowest BCUT2D eigenvalue weighted by Crippen LogP contribution is -2.50. The van der Waals surface area contributed by atoms with Crippen LogP contribution in [-0.4, -0.2) is 41.1 Å². The van der Waals surface area contributed by atoms with Crippen molar-refractivity contribution in [2.75, 3.05) is 25.4 Å². The highest BCUT2D eigenvalue weighted by Crippen LogP contribution is 2.22. The second-order valence-electron chi connectivity index (χ2n) is 5.86. The molecule has 106 valence electrons. The molecule has 2 aromatic rings. The van der Waals surface area contributed by atoms with Gasteiger partial charge in [0.25, 0.3) is 5.91 Å². The molecule has 0 radical (unpaired) electrons. The Kier molecular flexibility index (Phi) is 2.94. The lowest BCUT2D eigenvalue weighted by molar-refractivity contribution is -0.0764. The molecule has 0 aliphatic carbocycles. The van der Waals surface area contributed by atoms with Crippen molar-refractivity contribution in [1.29, 1.82) is 0 Å². The molecule has 1 aliphatic heterocycles. The number of rotatable bonds is 1. The van der Waals surface area contributed by atoms with Crippen LogP contribution in [0, 0.1) is 0 Å². The van der Waals surface area contributed by atoms with Gasteiger partial charge in [-0.2, -0.15) is 0 Å². The highest BCUT2D eigenvalue weighted by Gasteiger charge is 2.30. The molecular formula is C15H19N3O2. The van der Waals surface area contributed by atoms with E-state index in [1.165, 1.54) is 0 Å². The Morgan fingerprint density at radius 2 is 2.20 bits per heavy atom. The largest absolute Gasteiger partial charge is 0.399 e. The van der Waals surface area contributed by atoms with E-state index >= 15 is 0 Å². The van der Waals surface area contributed by atoms with Crippen molar-refractivity contribution >= 4 is 22.5 Å². The third-order valence-corrected chi connectivity index (χ3v) is 3.59. The minimum Gasteiger partial charge on any atom is -0.399 e. The Morgan fingerprint density at radius 3 is 2.95 bits per heavy atom. The first-order valence-corrected chi connectivity index (χ1v) is 6.76. The van der Waals surface area contributed by atoms with Crippen LogP contribution < -0.4 is 5.73 Å². The van der Waals surface area contributed by atoms with Gasteiger partial charge >= 0.3 is 0 Å². The van der Waals surface area contributed by atoms with Crippen LogP contribution in [0.5, 0.6) is 0 Å². The molecular weight excluding hydrogens is 254 g/mol. The fourth-order valence-corrected chi connectivity index (χ4v) is 2.63. The number of nitrogens with two attached hydrogens (primary N) is 1. The van der Waals surface area contributed by atoms with E-state index in [1.807, 2.05) is 43.0 Å². The van der Waals surface area contributed by atoms with Gasteiger partial charge in [0.1, 0.15) is 5.69 Å². The molecule has 0 spiro atoms. The quantitative estimate of drug-likeness (QED) is 0.781. The van der Waals surface area contributed by atoms with Gasteiger partial charge in [-0.15, -0.1) is 0 Å². The number of aromatic amines is 1. The second-order valence-corrected chi connectivity index (χ2v) is 5.86. The number of hydrogen-bond donors (Lipinski definition) is 2. The number of amides is 1. The van der Waals surface area contributed by atoms with Gasteiger partial charge in [0, 0.05) is 29.7 Å². The molecule has 1 fully saturated rings. The number of carbonyl (C=O) groups excluding carboxylic acids is 1. The van der Waals surface area contributed by atoms with Crippen LogP contribution >= 0.6 is 0 Å². The van der Waals surface area contributed by atoms with Crippen LogP contribution in [0.15, 0.2) is 24.3 Å². The first-order valence-electron chi connectivity index (χ1n) is 6.76. The Hall–Kier alpha value is -2.01. The number of fused-ring (bicyclic) bond motifs is 1. The fourth-order valence-electron chi connectivity index (χ4n) is 2.63. The van der Waals surface area contributed by atoms with E-state index < -0.39 is 0 Å². The van der Waals surface area contributed by atoms with Crippen molar-refractivity contribution in [3.8, 4) is 0 Å². The first kappa shape index (κ1) is 13.0. The predicted octanol–water partition coefficient (Wildman–Crippen LogP) is 2.00. The summed E-state index contributed by atoms with van der Waals surface area (Å²) < 4.78 is 5.64. The van der Waals surface area contributed by atoms with E-state index in [0.29, 0.717) is 31.1 Å². The third-order valence-electron chi connectivity index (χ3n) is 3.59. The summed E-state index contributed by atoms with van der Waals surface area (Å²) in [6.07, 6.45) is 0. The van der Waals surface area contributed by atoms with Crippen molar-refractivity contribution < 1.29 is 9.53 Å². The van der Waals surface area contributed by atoms with Gasteiger partial charge in [0.2, 0.25) is 0 Å². The Labute approximate surface area is 117 Å². The summed E-state index contributed by atoms with van der Waals surface area (Å²) in [4.78, 5) is 17.5. The average molecular weight is 273 g/mol. The lowest BCUT2D eigenvalue weighted by atomic mass is 10.1. The number of H-pyrrole nitrogens is 1. The van der Waals surface area contributed by atoms with Crippen LogP contribution in [0.2, 0.25) is 0 Å². The van der Waals surface area contributed by atoms with E-state index in [1.54, 1.807) is 0 Å². The van der Waals surface area contributed by atoms with Crippen LogP contribution in [0.4, 0.5) is 5.69 Å². The number of anilines is 1. The molecule has 1 amide bonds. The number of nitrogens with zero attached hydrogens (tertiary/aromatic N) is 1. The van der Waals surface area contributed by atoms with Crippen LogP contribution in [0.25, 0.3) is 10.9 Å². The monoisotopic (exact) mass is 273 g/mol. The molecule has 0 unspecified atom stereocenters. The number of carbonyl (C=O) groups is 1. The molecule has 20 heavy (non-hydrogen) atoms. The second kappa shape index (κ2) is 4.52. The maximum Gasteiger partial charge on any atom is 0.270 e. The van der Waals surface area contributed by atoms with Crippen LogP contribution in [0.3, 0.4) is 0 Å². The lowest BCUT2D eigenvalue weighted by Gasteiger charge is -2.37. The van der Waals surface area contributed by atoms with E-state index in [9.17, 15) is 4.79 Å². The minimum absolute atomic E-state index is 0.0103. The van der Waals surface area contributed by atoms with E-state index in [0.717, 1.165) is 10.9 Å². The molecule has 0 atom stereocenters. The zero-order valence-corrected chi connectivity index (χ0v) is 11.8. The molecule has 3 rings (SSSR count). The van der Waals surface area contributed by atoms with E-state index in [4.69, 9.17) is 10.5 Å². The average Bonchev–Trinajstić information content (AvgIpc) is 2.79. The minimum atomic E-state index is -0.287. The van der Waals surface area contributed by atoms with Crippen molar-refractivity contribution in [3.63, 3.8) is 0 Å². The van der Waals surface area contributed by atoms with Crippen LogP contribution in [0.1, 0.15) is 24.3 Å². The zero-order chi connectivity index (χ0) is 14.3. The Bertz CT molecular complexity index is 660. The predicted molar refractivity (Wildman–Crippen MR) is 78.6 cm³/mol. The van der Waals surface area contributed by atoms with Crippen molar-refractivity contribution in [3.05, 3.63) is 30.0 Å². The maximum atomic E-state index is 12.5. The molecule has 1 aromatic heterocycles. The smallest absolute Gasteiger partial charge is 0.270 e. The Morgan fingerprint density at radius 1 is 1.40 bits per heavy atom. The van der Waals surface area contributed by atoms with Crippen molar-refractivity contribution in [2.45, 2.75) is 19.4 Å². The molecule has 5 heteroatoms. The van der Waals surface area contributed by atoms with Gasteiger partial charge in [-0.1, -0.05) is 0 Å². The third kappa shape index (κ3) is 2.36. The van der Waals surface area contributed by atoms with Gasteiger partial charge in [-0.25, -0.2) is 0 Å². The fraction of sp³-hybridized carbons (Fsp3) is 0.400. The zero-order valence-electron chi connectivity index (χ0n) is 11.8. The standard InChI is InChI=1S/C15H19N3O2/c1-15(2)9-18(5-6-20-15)14(19)13-8-10-7-11(16)3-4-12(10)17-13/h3-4,7-8,17H,5-6,9,16H2,1-2H3. The first-order chi connectivity index (χ1) is 9.44. The number of hydrogen-bond acceptors (Lipinski definition) is 3.